The van der Waals surface area contributed by atoms with Gasteiger partial charge >= 0.3 is 5.97 Å². The van der Waals surface area contributed by atoms with Gasteiger partial charge in [-0.1, -0.05) is 12.1 Å². The number of carboxylic acid groups (broad SMARTS) is 1. The molecule has 0 aliphatic carbocycles. The van der Waals surface area contributed by atoms with Crippen LogP contribution in [0.25, 0.3) is 10.8 Å². The Morgan fingerprint density at radius 2 is 2.00 bits per heavy atom. The normalized spacial score (nSPS) is 10.7. The zero-order valence-electron chi connectivity index (χ0n) is 14.6. The summed E-state index contributed by atoms with van der Waals surface area (Å²) in [5.74, 6) is -0.510. The molecule has 2 heterocycles. The van der Waals surface area contributed by atoms with Gasteiger partial charge in [-0.05, 0) is 24.3 Å². The van der Waals surface area contributed by atoms with Crippen molar-refractivity contribution >= 4 is 28.5 Å². The van der Waals surface area contributed by atoms with Crippen molar-refractivity contribution in [1.29, 1.82) is 0 Å². The van der Waals surface area contributed by atoms with E-state index in [1.165, 1.54) is 0 Å². The lowest BCUT2D eigenvalue weighted by Crippen LogP contribution is -2.25. The number of fused-ring (bicyclic) bond motifs is 1. The second-order valence-electron chi connectivity index (χ2n) is 5.99. The quantitative estimate of drug-likeness (QED) is 0.484. The van der Waals surface area contributed by atoms with Crippen LogP contribution in [0.15, 0.2) is 48.8 Å². The van der Waals surface area contributed by atoms with Crippen LogP contribution < -0.4 is 10.6 Å². The minimum atomic E-state index is -0.972. The van der Waals surface area contributed by atoms with Gasteiger partial charge in [0.05, 0.1) is 6.42 Å². The molecule has 2 aromatic heterocycles. The number of anilines is 1. The number of aromatic nitrogens is 2. The van der Waals surface area contributed by atoms with Gasteiger partial charge in [0, 0.05) is 48.4 Å². The molecule has 0 atom stereocenters. The minimum absolute atomic E-state index is 0.0540. The summed E-state index contributed by atoms with van der Waals surface area (Å²) >= 11 is 0. The number of carbonyl (C=O) groups excluding carboxylic acids is 1. The molecule has 4 N–H and O–H groups in total. The zero-order valence-corrected chi connectivity index (χ0v) is 14.6. The van der Waals surface area contributed by atoms with Crippen LogP contribution in [-0.2, 0) is 11.3 Å². The number of aliphatic carboxylic acids is 1. The van der Waals surface area contributed by atoms with Crippen LogP contribution in [0, 0.1) is 0 Å². The second kappa shape index (κ2) is 8.22. The van der Waals surface area contributed by atoms with Crippen LogP contribution in [0.3, 0.4) is 0 Å². The molecule has 1 amide bonds. The van der Waals surface area contributed by atoms with Crippen molar-refractivity contribution in [3.8, 4) is 5.88 Å². The summed E-state index contributed by atoms with van der Waals surface area (Å²) in [4.78, 5) is 26.8. The molecule has 0 unspecified atom stereocenters. The molecule has 0 bridgehead atoms. The summed E-state index contributed by atoms with van der Waals surface area (Å²) in [6.45, 7) is 1.16. The first-order valence-corrected chi connectivity index (χ1v) is 8.51. The Balaban J connectivity index is 1.67. The van der Waals surface area contributed by atoms with E-state index in [9.17, 15) is 14.7 Å². The number of carboxylic acids is 1. The van der Waals surface area contributed by atoms with Gasteiger partial charge in [0.1, 0.15) is 5.82 Å². The van der Waals surface area contributed by atoms with E-state index < -0.39 is 5.97 Å². The fourth-order valence-corrected chi connectivity index (χ4v) is 2.71. The van der Waals surface area contributed by atoms with Crippen LogP contribution in [-0.4, -0.2) is 44.7 Å². The third-order valence-corrected chi connectivity index (χ3v) is 4.07. The predicted molar refractivity (Wildman–Crippen MR) is 101 cm³/mol. The smallest absolute Gasteiger partial charge is 0.305 e. The van der Waals surface area contributed by atoms with E-state index in [0.29, 0.717) is 24.0 Å². The van der Waals surface area contributed by atoms with Crippen molar-refractivity contribution < 1.29 is 19.8 Å². The highest BCUT2D eigenvalue weighted by molar-refractivity contribution is 6.00. The number of hydrogen-bond acceptors (Lipinski definition) is 5. The van der Waals surface area contributed by atoms with Crippen molar-refractivity contribution in [1.82, 2.24) is 14.9 Å². The standard InChI is InChI=1S/C19H20N4O4/c24-17(25)6-8-22-18(26)13-4-5-14-12-23(19(27)15(14)11-13)10-9-21-16-3-1-2-7-20-16/h1-5,7,11-12,27H,6,8-10H2,(H,20,21)(H,22,26)(H,24,25). The van der Waals surface area contributed by atoms with Gasteiger partial charge in [-0.25, -0.2) is 4.98 Å². The van der Waals surface area contributed by atoms with E-state index in [0.717, 1.165) is 11.2 Å². The molecule has 0 spiro atoms. The fourth-order valence-electron chi connectivity index (χ4n) is 2.71. The van der Waals surface area contributed by atoms with Crippen molar-refractivity contribution in [2.45, 2.75) is 13.0 Å². The molecule has 3 rings (SSSR count). The Morgan fingerprint density at radius 3 is 2.74 bits per heavy atom. The van der Waals surface area contributed by atoms with E-state index in [1.54, 1.807) is 29.0 Å². The Bertz CT molecular complexity index is 953. The summed E-state index contributed by atoms with van der Waals surface area (Å²) in [5, 5.41) is 26.2. The van der Waals surface area contributed by atoms with Gasteiger partial charge in [0.15, 0.2) is 5.88 Å². The van der Waals surface area contributed by atoms with E-state index in [4.69, 9.17) is 5.11 Å². The highest BCUT2D eigenvalue weighted by Crippen LogP contribution is 2.28. The first kappa shape index (κ1) is 18.2. The highest BCUT2D eigenvalue weighted by atomic mass is 16.4. The SMILES string of the molecule is O=C(O)CCNC(=O)c1ccc2cn(CCNc3ccccn3)c(O)c2c1. The second-order valence-corrected chi connectivity index (χ2v) is 5.99. The van der Waals surface area contributed by atoms with E-state index in [-0.39, 0.29) is 24.8 Å². The van der Waals surface area contributed by atoms with E-state index >= 15 is 0 Å². The topological polar surface area (TPSA) is 116 Å². The number of aromatic hydroxyl groups is 1. The molecule has 0 aliphatic rings. The highest BCUT2D eigenvalue weighted by Gasteiger charge is 2.12. The number of rotatable bonds is 8. The van der Waals surface area contributed by atoms with Crippen LogP contribution in [0.5, 0.6) is 5.88 Å². The lowest BCUT2D eigenvalue weighted by atomic mass is 10.1. The minimum Gasteiger partial charge on any atom is -0.494 e. The average Bonchev–Trinajstić information content (AvgIpc) is 2.97. The fraction of sp³-hybridized carbons (Fsp3) is 0.211. The Hall–Kier alpha value is -3.55. The van der Waals surface area contributed by atoms with Crippen LogP contribution >= 0.6 is 0 Å². The molecule has 0 radical (unpaired) electrons. The average molecular weight is 368 g/mol. The lowest BCUT2D eigenvalue weighted by Gasteiger charge is -2.07. The number of hydrogen-bond donors (Lipinski definition) is 4. The van der Waals surface area contributed by atoms with Gasteiger partial charge in [-0.3, -0.25) is 9.59 Å². The maximum atomic E-state index is 12.1. The van der Waals surface area contributed by atoms with Gasteiger partial charge in [-0.2, -0.15) is 0 Å². The molecule has 0 aliphatic heterocycles. The zero-order chi connectivity index (χ0) is 19.2. The van der Waals surface area contributed by atoms with Gasteiger partial charge in [0.25, 0.3) is 5.91 Å². The molecule has 1 aromatic carbocycles. The van der Waals surface area contributed by atoms with Crippen LogP contribution in [0.4, 0.5) is 5.82 Å². The first-order valence-electron chi connectivity index (χ1n) is 8.51. The molecular weight excluding hydrogens is 348 g/mol. The molecule has 8 nitrogen and oxygen atoms in total. The van der Waals surface area contributed by atoms with Crippen molar-refractivity contribution in [3.63, 3.8) is 0 Å². The summed E-state index contributed by atoms with van der Waals surface area (Å²) in [6, 6.07) is 10.6. The molecule has 140 valence electrons. The van der Waals surface area contributed by atoms with Crippen molar-refractivity contribution in [2.75, 3.05) is 18.4 Å². The predicted octanol–water partition coefficient (Wildman–Crippen LogP) is 2.06. The van der Waals surface area contributed by atoms with Crippen molar-refractivity contribution in [2.24, 2.45) is 0 Å². The molecule has 27 heavy (non-hydrogen) atoms. The molecule has 0 saturated heterocycles. The molecule has 0 fully saturated rings. The number of amides is 1. The number of nitrogens with zero attached hydrogens (tertiary/aromatic N) is 2. The number of carbonyl (C=O) groups is 2. The van der Waals surface area contributed by atoms with Gasteiger partial charge in [-0.15, -0.1) is 0 Å². The van der Waals surface area contributed by atoms with E-state index in [1.807, 2.05) is 24.4 Å². The van der Waals surface area contributed by atoms with E-state index in [2.05, 4.69) is 15.6 Å². The number of benzene rings is 1. The summed E-state index contributed by atoms with van der Waals surface area (Å²) < 4.78 is 1.70. The monoisotopic (exact) mass is 368 g/mol. The maximum absolute atomic E-state index is 12.1. The van der Waals surface area contributed by atoms with Gasteiger partial charge in [0.2, 0.25) is 0 Å². The van der Waals surface area contributed by atoms with Gasteiger partial charge < -0.3 is 25.4 Å². The Morgan fingerprint density at radius 1 is 1.15 bits per heavy atom. The molecule has 0 saturated carbocycles. The third kappa shape index (κ3) is 4.55. The first-order chi connectivity index (χ1) is 13.0. The molecular formula is C19H20N4O4. The number of pyridine rings is 1. The lowest BCUT2D eigenvalue weighted by molar-refractivity contribution is -0.136. The Labute approximate surface area is 155 Å². The third-order valence-electron chi connectivity index (χ3n) is 4.07. The summed E-state index contributed by atoms with van der Waals surface area (Å²) in [5.41, 5.74) is 0.368. The van der Waals surface area contributed by atoms with Crippen LogP contribution in [0.1, 0.15) is 16.8 Å². The maximum Gasteiger partial charge on any atom is 0.305 e. The summed E-state index contributed by atoms with van der Waals surface area (Å²) in [6.07, 6.45) is 3.38. The van der Waals surface area contributed by atoms with Crippen LogP contribution in [0.2, 0.25) is 0 Å². The number of nitrogens with one attached hydrogen (secondary N) is 2. The Kier molecular flexibility index (Phi) is 5.55. The van der Waals surface area contributed by atoms with Crippen molar-refractivity contribution in [3.05, 3.63) is 54.4 Å². The molecule has 8 heteroatoms. The molecule has 3 aromatic rings. The largest absolute Gasteiger partial charge is 0.494 e. The summed E-state index contributed by atoms with van der Waals surface area (Å²) in [7, 11) is 0.